The van der Waals surface area contributed by atoms with Gasteiger partial charge in [-0.1, -0.05) is 29.8 Å². The van der Waals surface area contributed by atoms with Crippen LogP contribution in [0.4, 0.5) is 18.9 Å². The summed E-state index contributed by atoms with van der Waals surface area (Å²) in [5.74, 6) is -0.649. The molecule has 1 aromatic heterocycles. The zero-order chi connectivity index (χ0) is 20.5. The van der Waals surface area contributed by atoms with Gasteiger partial charge in [0.2, 0.25) is 5.91 Å². The van der Waals surface area contributed by atoms with E-state index in [1.807, 2.05) is 19.1 Å². The van der Waals surface area contributed by atoms with Crippen molar-refractivity contribution in [3.8, 4) is 0 Å². The van der Waals surface area contributed by atoms with E-state index in [0.29, 0.717) is 5.52 Å². The Morgan fingerprint density at radius 3 is 2.57 bits per heavy atom. The van der Waals surface area contributed by atoms with Crippen molar-refractivity contribution >= 4 is 34.1 Å². The van der Waals surface area contributed by atoms with Crippen molar-refractivity contribution in [1.29, 1.82) is 0 Å². The number of nitrogens with one attached hydrogen (secondary N) is 1. The van der Waals surface area contributed by atoms with Crippen LogP contribution in [0.15, 0.2) is 53.3 Å². The van der Waals surface area contributed by atoms with Crippen molar-refractivity contribution in [2.75, 3.05) is 5.32 Å². The molecule has 0 atom stereocenters. The third kappa shape index (κ3) is 4.20. The number of rotatable bonds is 4. The maximum atomic E-state index is 13.1. The van der Waals surface area contributed by atoms with E-state index in [4.69, 9.17) is 11.6 Å². The number of fused-ring (bicyclic) bond motifs is 1. The van der Waals surface area contributed by atoms with Gasteiger partial charge in [0.1, 0.15) is 0 Å². The van der Waals surface area contributed by atoms with Crippen LogP contribution in [0.25, 0.3) is 10.9 Å². The second kappa shape index (κ2) is 7.67. The van der Waals surface area contributed by atoms with Crippen LogP contribution in [0.5, 0.6) is 0 Å². The molecule has 3 aromatic rings. The van der Waals surface area contributed by atoms with Gasteiger partial charge in [-0.25, -0.2) is 0 Å². The van der Waals surface area contributed by atoms with Crippen LogP contribution in [-0.2, 0) is 17.5 Å². The molecule has 4 nitrogen and oxygen atoms in total. The van der Waals surface area contributed by atoms with Crippen molar-refractivity contribution in [3.63, 3.8) is 0 Å². The molecule has 1 N–H and O–H groups in total. The molecule has 0 aliphatic heterocycles. The molecule has 0 spiro atoms. The van der Waals surface area contributed by atoms with Gasteiger partial charge in [-0.2, -0.15) is 13.2 Å². The number of anilines is 1. The number of amides is 1. The molecule has 0 aliphatic carbocycles. The molecule has 0 bridgehead atoms. The van der Waals surface area contributed by atoms with Crippen molar-refractivity contribution < 1.29 is 18.0 Å². The molecule has 0 saturated carbocycles. The highest BCUT2D eigenvalue weighted by molar-refractivity contribution is 6.31. The molecular formula is C20H16ClF3N2O2. The van der Waals surface area contributed by atoms with E-state index < -0.39 is 23.3 Å². The monoisotopic (exact) mass is 408 g/mol. The lowest BCUT2D eigenvalue weighted by molar-refractivity contribution is -0.137. The van der Waals surface area contributed by atoms with Crippen LogP contribution in [-0.4, -0.2) is 10.5 Å². The molecule has 8 heteroatoms. The molecule has 1 heterocycles. The SMILES string of the molecule is Cc1cc(=O)n(CCC(=O)Nc2cc(Cl)ccc2C(F)(F)F)c2ccccc12. The molecule has 2 aromatic carbocycles. The standard InChI is InChI=1S/C20H16ClF3N2O2/c1-12-10-19(28)26(17-5-3-2-4-14(12)17)9-8-18(27)25-16-11-13(21)6-7-15(16)20(22,23)24/h2-7,10-11H,8-9H2,1H3,(H,25,27). The number of nitrogens with zero attached hydrogens (tertiary/aromatic N) is 1. The first-order chi connectivity index (χ1) is 13.2. The highest BCUT2D eigenvalue weighted by atomic mass is 35.5. The topological polar surface area (TPSA) is 51.1 Å². The Balaban J connectivity index is 1.83. The summed E-state index contributed by atoms with van der Waals surface area (Å²) in [6.07, 6.45) is -4.80. The van der Waals surface area contributed by atoms with E-state index in [1.165, 1.54) is 10.6 Å². The number of hydrogen-bond acceptors (Lipinski definition) is 2. The van der Waals surface area contributed by atoms with Gasteiger partial charge in [-0.15, -0.1) is 0 Å². The van der Waals surface area contributed by atoms with Gasteiger partial charge < -0.3 is 9.88 Å². The van der Waals surface area contributed by atoms with Gasteiger partial charge in [-0.3, -0.25) is 9.59 Å². The van der Waals surface area contributed by atoms with Crippen molar-refractivity contribution in [2.24, 2.45) is 0 Å². The number of alkyl halides is 3. The van der Waals surface area contributed by atoms with Crippen LogP contribution >= 0.6 is 11.6 Å². The predicted octanol–water partition coefficient (Wildman–Crippen LogP) is 5.01. The average Bonchev–Trinajstić information content (AvgIpc) is 2.60. The average molecular weight is 409 g/mol. The molecule has 146 valence electrons. The Kier molecular flexibility index (Phi) is 5.47. The largest absolute Gasteiger partial charge is 0.418 e. The number of halogens is 4. The maximum absolute atomic E-state index is 13.1. The van der Waals surface area contributed by atoms with Gasteiger partial charge >= 0.3 is 6.18 Å². The van der Waals surface area contributed by atoms with Crippen molar-refractivity contribution in [2.45, 2.75) is 26.1 Å². The minimum Gasteiger partial charge on any atom is -0.325 e. The molecule has 0 unspecified atom stereocenters. The zero-order valence-corrected chi connectivity index (χ0v) is 15.6. The van der Waals surface area contributed by atoms with E-state index in [9.17, 15) is 22.8 Å². The Labute approximate surface area is 163 Å². The lowest BCUT2D eigenvalue weighted by atomic mass is 10.1. The Hall–Kier alpha value is -2.80. The molecule has 0 fully saturated rings. The summed E-state index contributed by atoms with van der Waals surface area (Å²) in [6.45, 7) is 1.85. The third-order valence-electron chi connectivity index (χ3n) is 4.35. The first-order valence-electron chi connectivity index (χ1n) is 8.42. The van der Waals surface area contributed by atoms with Crippen molar-refractivity contribution in [1.82, 2.24) is 4.57 Å². The molecular weight excluding hydrogens is 393 g/mol. The highest BCUT2D eigenvalue weighted by Crippen LogP contribution is 2.36. The maximum Gasteiger partial charge on any atom is 0.418 e. The first-order valence-corrected chi connectivity index (χ1v) is 8.80. The number of para-hydroxylation sites is 1. The fourth-order valence-corrected chi connectivity index (χ4v) is 3.20. The van der Waals surface area contributed by atoms with Crippen molar-refractivity contribution in [3.05, 3.63) is 75.0 Å². The number of carbonyl (C=O) groups excluding carboxylic acids is 1. The van der Waals surface area contributed by atoms with Crippen LogP contribution in [0.1, 0.15) is 17.5 Å². The summed E-state index contributed by atoms with van der Waals surface area (Å²) < 4.78 is 40.8. The fourth-order valence-electron chi connectivity index (χ4n) is 3.03. The van der Waals surface area contributed by atoms with Gasteiger partial charge in [0.15, 0.2) is 0 Å². The quantitative estimate of drug-likeness (QED) is 0.659. The van der Waals surface area contributed by atoms with E-state index in [2.05, 4.69) is 5.32 Å². The van der Waals surface area contributed by atoms with Gasteiger partial charge in [0, 0.05) is 29.4 Å². The zero-order valence-electron chi connectivity index (χ0n) is 14.8. The van der Waals surface area contributed by atoms with E-state index in [-0.39, 0.29) is 23.5 Å². The van der Waals surface area contributed by atoms with Crippen LogP contribution in [0.3, 0.4) is 0 Å². The number of hydrogen-bond donors (Lipinski definition) is 1. The van der Waals surface area contributed by atoms with Crippen LogP contribution in [0.2, 0.25) is 5.02 Å². The molecule has 0 saturated heterocycles. The Bertz CT molecular complexity index is 1110. The predicted molar refractivity (Wildman–Crippen MR) is 103 cm³/mol. The van der Waals surface area contributed by atoms with Gasteiger partial charge in [0.05, 0.1) is 16.8 Å². The molecule has 1 amide bonds. The number of aromatic nitrogens is 1. The lowest BCUT2D eigenvalue weighted by Crippen LogP contribution is -2.24. The summed E-state index contributed by atoms with van der Waals surface area (Å²) in [5, 5.41) is 3.19. The Morgan fingerprint density at radius 2 is 1.86 bits per heavy atom. The summed E-state index contributed by atoms with van der Waals surface area (Å²) in [5.41, 5.74) is -0.189. The van der Waals surface area contributed by atoms with E-state index in [0.717, 1.165) is 29.1 Å². The number of aryl methyl sites for hydroxylation is 2. The molecule has 28 heavy (non-hydrogen) atoms. The molecule has 3 rings (SSSR count). The van der Waals surface area contributed by atoms with E-state index >= 15 is 0 Å². The smallest absolute Gasteiger partial charge is 0.325 e. The summed E-state index contributed by atoms with van der Waals surface area (Å²) in [4.78, 5) is 24.6. The second-order valence-corrected chi connectivity index (χ2v) is 6.76. The van der Waals surface area contributed by atoms with Gasteiger partial charge in [-0.05, 0) is 36.8 Å². The van der Waals surface area contributed by atoms with Gasteiger partial charge in [0.25, 0.3) is 5.56 Å². The summed E-state index contributed by atoms with van der Waals surface area (Å²) >= 11 is 5.76. The normalized spacial score (nSPS) is 11.6. The second-order valence-electron chi connectivity index (χ2n) is 6.32. The number of pyridine rings is 1. The molecule has 0 radical (unpaired) electrons. The summed E-state index contributed by atoms with van der Waals surface area (Å²) in [7, 11) is 0. The minimum absolute atomic E-state index is 0.0351. The fraction of sp³-hybridized carbons (Fsp3) is 0.200. The minimum atomic E-state index is -4.63. The lowest BCUT2D eigenvalue weighted by Gasteiger charge is -2.15. The summed E-state index contributed by atoms with van der Waals surface area (Å²) in [6, 6.07) is 11.7. The first kappa shape index (κ1) is 19.9. The number of carbonyl (C=O) groups is 1. The third-order valence-corrected chi connectivity index (χ3v) is 4.58. The van der Waals surface area contributed by atoms with Crippen LogP contribution < -0.4 is 10.9 Å². The Morgan fingerprint density at radius 1 is 1.14 bits per heavy atom. The molecule has 0 aliphatic rings. The highest BCUT2D eigenvalue weighted by Gasteiger charge is 2.33. The van der Waals surface area contributed by atoms with Crippen LogP contribution in [0, 0.1) is 6.92 Å². The number of benzene rings is 2. The van der Waals surface area contributed by atoms with E-state index in [1.54, 1.807) is 12.1 Å².